The van der Waals surface area contributed by atoms with Crippen LogP contribution in [0.3, 0.4) is 0 Å². The summed E-state index contributed by atoms with van der Waals surface area (Å²) < 4.78 is 0. The number of hydroxylamine groups is 1. The summed E-state index contributed by atoms with van der Waals surface area (Å²) in [7, 11) is 0. The number of anilines is 1. The molecule has 26 heteroatoms. The van der Waals surface area contributed by atoms with Crippen molar-refractivity contribution < 1.29 is 63.7 Å². The van der Waals surface area contributed by atoms with Crippen LogP contribution < -0.4 is 27.3 Å². The zero-order valence-electron chi connectivity index (χ0n) is 27.9. The Morgan fingerprint density at radius 1 is 1.17 bits per heavy atom. The summed E-state index contributed by atoms with van der Waals surface area (Å²) in [5.41, 5.74) is 7.34. The number of nitrogens with zero attached hydrogens (tertiary/aromatic N) is 5. The molecule has 10 N–H and O–H groups in total. The first kappa shape index (κ1) is 39.4. The van der Waals surface area contributed by atoms with Gasteiger partial charge in [0.05, 0.1) is 30.3 Å². The first-order valence-corrected chi connectivity index (χ1v) is 17.5. The number of thioether (sulfide) groups is 1. The number of hydrogen-bond donors (Lipinski definition) is 9. The predicted octanol–water partition coefficient (Wildman–Crippen LogP) is -1.13. The number of carboxylic acid groups (broad SMARTS) is 2. The zero-order chi connectivity index (χ0) is 39.7. The number of aliphatic carboxylic acids is 2. The second kappa shape index (κ2) is 15.3. The van der Waals surface area contributed by atoms with Crippen LogP contribution >= 0.6 is 34.7 Å². The molecule has 3 fully saturated rings. The van der Waals surface area contributed by atoms with Gasteiger partial charge in [-0.3, -0.25) is 24.1 Å². The normalized spacial score (nSPS) is 20.9. The molecule has 0 spiro atoms. The summed E-state index contributed by atoms with van der Waals surface area (Å²) in [6, 6.07) is -0.985. The van der Waals surface area contributed by atoms with E-state index >= 15 is 0 Å². The number of oxime groups is 1. The van der Waals surface area contributed by atoms with Crippen LogP contribution in [0.5, 0.6) is 11.5 Å². The Morgan fingerprint density at radius 3 is 2.54 bits per heavy atom. The lowest BCUT2D eigenvalue weighted by atomic mass is 10.1. The molecule has 0 saturated carbocycles. The van der Waals surface area contributed by atoms with Gasteiger partial charge in [-0.1, -0.05) is 28.5 Å². The number of phenols is 2. The first-order valence-electron chi connectivity index (χ1n) is 15.4. The van der Waals surface area contributed by atoms with Gasteiger partial charge in [0.2, 0.25) is 16.4 Å². The van der Waals surface area contributed by atoms with Crippen LogP contribution in [0.2, 0.25) is 5.02 Å². The standard InChI is InChI=1S/C28H31ClN10O13S2/c1-27(2,22(45)46)52-35-15(12-9-53-24(30)32-12)19(43)33-16-20(44)37-10-28(23(47)48,54-21(16)37)38-6-7-39(26(38)50)34-25(49)36-51-8-5-31-18(42)11-3-4-13(40)17(41)14(11)29/h3-4,9,16,21,40-41H,5-8,10H2,1-2H3,(H2,30,32)(H,31,42)(H,33,43)(H,45,46)(H,47,48)(H2,34,36,49)/b35-15-/t16?,21-,28?/m1/s1. The molecule has 1 aromatic heterocycles. The molecule has 5 rings (SSSR count). The highest BCUT2D eigenvalue weighted by molar-refractivity contribution is 8.02. The number of nitrogens with two attached hydrogens (primary N) is 1. The SMILES string of the molecule is CC(C)(O/N=C(\C(=O)NC1C(=O)N2CC(C(=O)O)(N3CCN(NC(=O)NOCCNC(=O)c4ccc(O)c(O)c4Cl)C3=O)S[C@H]12)c1csc(N)n1)C(=O)O. The predicted molar refractivity (Wildman–Crippen MR) is 185 cm³/mol. The van der Waals surface area contributed by atoms with Crippen LogP contribution in [0, 0.1) is 0 Å². The van der Waals surface area contributed by atoms with Gasteiger partial charge in [-0.2, -0.15) is 0 Å². The third-order valence-electron chi connectivity index (χ3n) is 8.00. The summed E-state index contributed by atoms with van der Waals surface area (Å²) in [6.45, 7) is 1.15. The molecule has 2 aromatic rings. The van der Waals surface area contributed by atoms with E-state index in [0.29, 0.717) is 11.8 Å². The van der Waals surface area contributed by atoms with Crippen molar-refractivity contribution in [3.63, 3.8) is 0 Å². The van der Waals surface area contributed by atoms with E-state index in [1.54, 1.807) is 0 Å². The van der Waals surface area contributed by atoms with Crippen LogP contribution in [-0.4, -0.2) is 142 Å². The number of nitrogens with one attached hydrogen (secondary N) is 4. The van der Waals surface area contributed by atoms with Crippen molar-refractivity contribution in [1.29, 1.82) is 0 Å². The molecule has 0 bridgehead atoms. The maximum absolute atomic E-state index is 13.4. The van der Waals surface area contributed by atoms with Crippen molar-refractivity contribution in [3.8, 4) is 11.5 Å². The van der Waals surface area contributed by atoms with Gasteiger partial charge in [0, 0.05) is 18.5 Å². The number of hydrazine groups is 1. The number of halogens is 1. The van der Waals surface area contributed by atoms with Crippen molar-refractivity contribution in [2.24, 2.45) is 5.16 Å². The number of hydrogen-bond acceptors (Lipinski definition) is 16. The quantitative estimate of drug-likeness (QED) is 0.0358. The van der Waals surface area contributed by atoms with Gasteiger partial charge in [-0.15, -0.1) is 11.3 Å². The molecule has 0 radical (unpaired) electrons. The number of β-lactam (4-membered cyclic amide) rings is 1. The van der Waals surface area contributed by atoms with Gasteiger partial charge >= 0.3 is 24.0 Å². The Hall–Kier alpha value is -5.79. The third-order valence-corrected chi connectivity index (χ3v) is 10.7. The lowest BCUT2D eigenvalue weighted by molar-refractivity contribution is -0.161. The number of aromatic nitrogens is 1. The molecular formula is C28H31ClN10O13S2. The van der Waals surface area contributed by atoms with E-state index in [1.165, 1.54) is 25.3 Å². The minimum Gasteiger partial charge on any atom is -0.504 e. The van der Waals surface area contributed by atoms with E-state index in [0.717, 1.165) is 32.2 Å². The van der Waals surface area contributed by atoms with E-state index in [1.807, 2.05) is 5.48 Å². The van der Waals surface area contributed by atoms with Crippen LogP contribution in [-0.2, 0) is 28.9 Å². The average molecular weight is 815 g/mol. The molecule has 3 aliphatic rings. The number of amides is 7. The van der Waals surface area contributed by atoms with Gasteiger partial charge in [-0.05, 0) is 26.0 Å². The summed E-state index contributed by atoms with van der Waals surface area (Å²) in [5.74, 6) is -6.44. The highest BCUT2D eigenvalue weighted by atomic mass is 35.5. The first-order chi connectivity index (χ1) is 25.4. The molecule has 23 nitrogen and oxygen atoms in total. The topological polar surface area (TPSA) is 328 Å². The molecule has 2 unspecified atom stereocenters. The largest absolute Gasteiger partial charge is 0.504 e. The number of carbonyl (C=O) groups is 7. The van der Waals surface area contributed by atoms with Crippen LogP contribution in [0.25, 0.3) is 0 Å². The van der Waals surface area contributed by atoms with E-state index in [2.05, 4.69) is 26.2 Å². The molecular weight excluding hydrogens is 784 g/mol. The van der Waals surface area contributed by atoms with Gasteiger partial charge in [0.15, 0.2) is 22.3 Å². The lowest BCUT2D eigenvalue weighted by Gasteiger charge is -2.41. The number of phenolic OH excluding ortho intramolecular Hbond substituents is 2. The van der Waals surface area contributed by atoms with Gasteiger partial charge in [0.1, 0.15) is 17.1 Å². The van der Waals surface area contributed by atoms with Crippen LogP contribution in [0.15, 0.2) is 22.7 Å². The van der Waals surface area contributed by atoms with Crippen LogP contribution in [0.4, 0.5) is 14.7 Å². The monoisotopic (exact) mass is 814 g/mol. The van der Waals surface area contributed by atoms with E-state index < -0.39 is 87.4 Å². The van der Waals surface area contributed by atoms with Crippen LogP contribution in [0.1, 0.15) is 29.9 Å². The fourth-order valence-electron chi connectivity index (χ4n) is 5.09. The number of urea groups is 2. The van der Waals surface area contributed by atoms with E-state index in [4.69, 9.17) is 27.0 Å². The molecule has 290 valence electrons. The number of carbonyl (C=O) groups excluding carboxylic acids is 5. The van der Waals surface area contributed by atoms with Crippen molar-refractivity contribution in [2.75, 3.05) is 38.5 Å². The maximum atomic E-state index is 13.4. The minimum atomic E-state index is -2.02. The second-order valence-corrected chi connectivity index (χ2v) is 14.6. The van der Waals surface area contributed by atoms with Gasteiger partial charge < -0.3 is 46.5 Å². The van der Waals surface area contributed by atoms with Crippen molar-refractivity contribution in [2.45, 2.75) is 35.7 Å². The average Bonchev–Trinajstić information content (AvgIpc) is 3.81. The summed E-state index contributed by atoms with van der Waals surface area (Å²) >= 11 is 7.52. The number of rotatable bonds is 14. The minimum absolute atomic E-state index is 0.0534. The van der Waals surface area contributed by atoms with E-state index in [-0.39, 0.29) is 47.7 Å². The number of thiazole rings is 1. The number of aromatic hydroxyl groups is 2. The molecule has 3 aliphatic heterocycles. The Morgan fingerprint density at radius 2 is 1.89 bits per heavy atom. The van der Waals surface area contributed by atoms with Gasteiger partial charge in [0.25, 0.3) is 11.8 Å². The van der Waals surface area contributed by atoms with Gasteiger partial charge in [-0.25, -0.2) is 40.1 Å². The molecule has 0 aliphatic carbocycles. The number of fused-ring (bicyclic) bond motifs is 1. The van der Waals surface area contributed by atoms with Crippen molar-refractivity contribution in [1.82, 2.24) is 41.3 Å². The van der Waals surface area contributed by atoms with Crippen molar-refractivity contribution in [3.05, 3.63) is 33.8 Å². The molecule has 1 aromatic carbocycles. The fourth-order valence-corrected chi connectivity index (χ4v) is 7.52. The number of benzene rings is 1. The lowest BCUT2D eigenvalue weighted by Crippen LogP contribution is -2.68. The molecule has 7 amide bonds. The smallest absolute Gasteiger partial charge is 0.357 e. The Kier molecular flexibility index (Phi) is 11.2. The molecule has 54 heavy (non-hydrogen) atoms. The van der Waals surface area contributed by atoms with E-state index in [9.17, 15) is 54.0 Å². The number of nitrogen functional groups attached to an aromatic ring is 1. The summed E-state index contributed by atoms with van der Waals surface area (Å²) in [6.07, 6.45) is 0. The Bertz CT molecular complexity index is 1950. The fraction of sp³-hybridized carbons (Fsp3) is 0.393. The Labute approximate surface area is 316 Å². The highest BCUT2D eigenvalue weighted by Crippen LogP contribution is 2.49. The highest BCUT2D eigenvalue weighted by Gasteiger charge is 2.66. The molecule has 4 heterocycles. The molecule has 3 saturated heterocycles. The Balaban J connectivity index is 1.16. The molecule has 3 atom stereocenters. The second-order valence-electron chi connectivity index (χ2n) is 12.0. The van der Waals surface area contributed by atoms with Crippen molar-refractivity contribution >= 4 is 87.3 Å². The maximum Gasteiger partial charge on any atom is 0.357 e. The zero-order valence-corrected chi connectivity index (χ0v) is 30.3. The number of carboxylic acids is 2. The third kappa shape index (κ3) is 7.64. The summed E-state index contributed by atoms with van der Waals surface area (Å²) in [4.78, 5) is 103. The summed E-state index contributed by atoms with van der Waals surface area (Å²) in [5, 5.41) is 48.3.